The molecule has 0 aliphatic carbocycles. The predicted octanol–water partition coefficient (Wildman–Crippen LogP) is 2.34. The largest absolute Gasteiger partial charge is 0.348 e. The molecule has 1 aromatic carbocycles. The first kappa shape index (κ1) is 18.2. The van der Waals surface area contributed by atoms with Crippen LogP contribution in [0, 0.1) is 11.7 Å². The smallest absolute Gasteiger partial charge is 0.225 e. The lowest BCUT2D eigenvalue weighted by atomic mass is 9.95. The highest BCUT2D eigenvalue weighted by Gasteiger charge is 2.31. The number of rotatable bonds is 2. The molecule has 2 fully saturated rings. The Morgan fingerprint density at radius 3 is 2.37 bits per heavy atom. The van der Waals surface area contributed by atoms with Crippen LogP contribution in [0.4, 0.5) is 9.52 Å². The number of para-hydroxylation sites is 1. The highest BCUT2D eigenvalue weighted by atomic mass is 32.1. The molecule has 144 valence electrons. The summed E-state index contributed by atoms with van der Waals surface area (Å²) in [6.45, 7) is 5.57. The maximum atomic E-state index is 13.9. The van der Waals surface area contributed by atoms with Gasteiger partial charge in [0.2, 0.25) is 11.8 Å². The quantitative estimate of drug-likeness (QED) is 0.790. The number of amides is 2. The van der Waals surface area contributed by atoms with Crippen molar-refractivity contribution in [2.24, 2.45) is 5.92 Å². The molecule has 0 unspecified atom stereocenters. The lowest BCUT2D eigenvalue weighted by Gasteiger charge is -2.38. The Balaban J connectivity index is 1.35. The lowest BCUT2D eigenvalue weighted by Crippen LogP contribution is -2.52. The maximum Gasteiger partial charge on any atom is 0.225 e. The molecule has 2 aliphatic rings. The third-order valence-corrected chi connectivity index (χ3v) is 6.59. The topological polar surface area (TPSA) is 56.8 Å². The summed E-state index contributed by atoms with van der Waals surface area (Å²) in [5.41, 5.74) is 0.430. The molecule has 2 aromatic rings. The molecule has 0 radical (unpaired) electrons. The fraction of sp³-hybridized carbons (Fsp3) is 0.526. The van der Waals surface area contributed by atoms with Crippen LogP contribution in [0.15, 0.2) is 18.2 Å². The van der Waals surface area contributed by atoms with E-state index in [0.717, 1.165) is 35.8 Å². The minimum absolute atomic E-state index is 0.0243. The molecule has 2 aliphatic heterocycles. The van der Waals surface area contributed by atoms with Gasteiger partial charge in [0.25, 0.3) is 0 Å². The average Bonchev–Trinajstić information content (AvgIpc) is 3.13. The zero-order chi connectivity index (χ0) is 19.0. The van der Waals surface area contributed by atoms with Gasteiger partial charge in [0.15, 0.2) is 5.13 Å². The Kier molecular flexibility index (Phi) is 4.99. The van der Waals surface area contributed by atoms with Gasteiger partial charge >= 0.3 is 0 Å². The number of halogens is 1. The first-order valence-electron chi connectivity index (χ1n) is 9.37. The number of anilines is 1. The summed E-state index contributed by atoms with van der Waals surface area (Å²) in [5, 5.41) is 0.830. The number of nitrogens with zero attached hydrogens (tertiary/aromatic N) is 4. The third kappa shape index (κ3) is 3.63. The summed E-state index contributed by atoms with van der Waals surface area (Å²) in [6, 6.07) is 5.02. The van der Waals surface area contributed by atoms with E-state index in [1.807, 2.05) is 11.0 Å². The van der Waals surface area contributed by atoms with Crippen LogP contribution in [0.3, 0.4) is 0 Å². The van der Waals surface area contributed by atoms with Gasteiger partial charge in [-0.1, -0.05) is 17.4 Å². The molecular weight excluding hydrogens is 367 g/mol. The summed E-state index contributed by atoms with van der Waals surface area (Å²) < 4.78 is 14.7. The van der Waals surface area contributed by atoms with Crippen LogP contribution >= 0.6 is 11.3 Å². The molecular formula is C19H23FN4O2S. The molecule has 2 amide bonds. The maximum absolute atomic E-state index is 13.9. The first-order valence-corrected chi connectivity index (χ1v) is 10.2. The molecule has 1 aromatic heterocycles. The first-order chi connectivity index (χ1) is 13.0. The normalized spacial score (nSPS) is 19.0. The Hall–Kier alpha value is -2.22. The van der Waals surface area contributed by atoms with E-state index < -0.39 is 0 Å². The van der Waals surface area contributed by atoms with Gasteiger partial charge in [-0.15, -0.1) is 0 Å². The number of carbonyl (C=O) groups excluding carboxylic acids is 2. The lowest BCUT2D eigenvalue weighted by molar-refractivity contribution is -0.141. The van der Waals surface area contributed by atoms with E-state index in [9.17, 15) is 14.0 Å². The second kappa shape index (κ2) is 7.42. The van der Waals surface area contributed by atoms with Gasteiger partial charge in [-0.05, 0) is 25.0 Å². The molecule has 0 spiro atoms. The Morgan fingerprint density at radius 2 is 1.74 bits per heavy atom. The molecule has 3 heterocycles. The molecule has 27 heavy (non-hydrogen) atoms. The fourth-order valence-corrected chi connectivity index (χ4v) is 4.89. The number of fused-ring (bicyclic) bond motifs is 1. The second-order valence-corrected chi connectivity index (χ2v) is 8.18. The second-order valence-electron chi connectivity index (χ2n) is 7.18. The Labute approximate surface area is 161 Å². The molecule has 2 saturated heterocycles. The van der Waals surface area contributed by atoms with Gasteiger partial charge in [0.1, 0.15) is 11.3 Å². The van der Waals surface area contributed by atoms with Crippen molar-refractivity contribution in [3.63, 3.8) is 0 Å². The van der Waals surface area contributed by atoms with E-state index in [1.54, 1.807) is 17.9 Å². The van der Waals surface area contributed by atoms with Crippen LogP contribution in [0.5, 0.6) is 0 Å². The Bertz CT molecular complexity index is 855. The molecule has 4 rings (SSSR count). The number of aromatic nitrogens is 1. The molecule has 6 nitrogen and oxygen atoms in total. The van der Waals surface area contributed by atoms with Gasteiger partial charge in [-0.2, -0.15) is 0 Å². The van der Waals surface area contributed by atoms with E-state index in [0.29, 0.717) is 31.7 Å². The summed E-state index contributed by atoms with van der Waals surface area (Å²) in [5.74, 6) is 0.0110. The molecule has 0 bridgehead atoms. The van der Waals surface area contributed by atoms with Gasteiger partial charge < -0.3 is 14.7 Å². The minimum Gasteiger partial charge on any atom is -0.348 e. The molecule has 0 atom stereocenters. The summed E-state index contributed by atoms with van der Waals surface area (Å²) in [4.78, 5) is 34.5. The zero-order valence-electron chi connectivity index (χ0n) is 15.4. The van der Waals surface area contributed by atoms with Crippen LogP contribution < -0.4 is 4.90 Å². The van der Waals surface area contributed by atoms with Crippen LogP contribution in [-0.2, 0) is 9.59 Å². The summed E-state index contributed by atoms with van der Waals surface area (Å²) >= 11 is 1.50. The van der Waals surface area contributed by atoms with Crippen molar-refractivity contribution < 1.29 is 14.0 Å². The highest BCUT2D eigenvalue weighted by Crippen LogP contribution is 2.33. The third-order valence-electron chi connectivity index (χ3n) is 5.51. The van der Waals surface area contributed by atoms with Crippen molar-refractivity contribution in [2.75, 3.05) is 44.2 Å². The summed E-state index contributed by atoms with van der Waals surface area (Å²) in [7, 11) is 0. The van der Waals surface area contributed by atoms with Crippen LogP contribution in [0.2, 0.25) is 0 Å². The predicted molar refractivity (Wildman–Crippen MR) is 103 cm³/mol. The molecule has 0 N–H and O–H groups in total. The van der Waals surface area contributed by atoms with E-state index in [2.05, 4.69) is 9.88 Å². The number of carbonyl (C=O) groups is 2. The molecule has 0 saturated carbocycles. The number of piperidine rings is 1. The highest BCUT2D eigenvalue weighted by molar-refractivity contribution is 7.22. The van der Waals surface area contributed by atoms with E-state index in [4.69, 9.17) is 0 Å². The van der Waals surface area contributed by atoms with Gasteiger partial charge in [-0.25, -0.2) is 9.37 Å². The Morgan fingerprint density at radius 1 is 1.07 bits per heavy atom. The SMILES string of the molecule is CC(=O)N1CCN(C(=O)C2CCN(c3nc4c(F)cccc4s3)CC2)CC1. The van der Waals surface area contributed by atoms with E-state index >= 15 is 0 Å². The van der Waals surface area contributed by atoms with Gasteiger partial charge in [-0.3, -0.25) is 9.59 Å². The van der Waals surface area contributed by atoms with Gasteiger partial charge in [0, 0.05) is 52.1 Å². The van der Waals surface area contributed by atoms with Crippen molar-refractivity contribution in [3.05, 3.63) is 24.0 Å². The van der Waals surface area contributed by atoms with E-state index in [-0.39, 0.29) is 23.5 Å². The van der Waals surface area contributed by atoms with Crippen molar-refractivity contribution in [1.29, 1.82) is 0 Å². The van der Waals surface area contributed by atoms with Crippen molar-refractivity contribution >= 4 is 38.5 Å². The number of thiazole rings is 1. The van der Waals surface area contributed by atoms with Crippen LogP contribution in [0.25, 0.3) is 10.2 Å². The van der Waals surface area contributed by atoms with Crippen molar-refractivity contribution in [1.82, 2.24) is 14.8 Å². The van der Waals surface area contributed by atoms with Gasteiger partial charge in [0.05, 0.1) is 4.70 Å². The minimum atomic E-state index is -0.287. The standard InChI is InChI=1S/C19H23FN4O2S/c1-13(25)22-9-11-23(12-10-22)18(26)14-5-7-24(8-6-14)19-21-17-15(20)3-2-4-16(17)27-19/h2-4,14H,5-12H2,1H3. The van der Waals surface area contributed by atoms with Crippen LogP contribution in [-0.4, -0.2) is 65.9 Å². The molecule has 8 heteroatoms. The zero-order valence-corrected chi connectivity index (χ0v) is 16.2. The average molecular weight is 390 g/mol. The fourth-order valence-electron chi connectivity index (χ4n) is 3.86. The monoisotopic (exact) mass is 390 g/mol. The number of hydrogen-bond acceptors (Lipinski definition) is 5. The van der Waals surface area contributed by atoms with Crippen molar-refractivity contribution in [2.45, 2.75) is 19.8 Å². The number of hydrogen-bond donors (Lipinski definition) is 0. The van der Waals surface area contributed by atoms with Crippen LogP contribution in [0.1, 0.15) is 19.8 Å². The number of piperazine rings is 1. The van der Waals surface area contributed by atoms with E-state index in [1.165, 1.54) is 17.4 Å². The van der Waals surface area contributed by atoms with Crippen molar-refractivity contribution in [3.8, 4) is 0 Å². The summed E-state index contributed by atoms with van der Waals surface area (Å²) in [6.07, 6.45) is 1.56. The number of benzene rings is 1.